The number of carbonyl (C=O) groups excluding carboxylic acids is 2. The SMILES string of the molecule is C[C@@H]1CC(=O)Nc2ccccc2N1C(=O)CSc1nnc(C2CC2)n1C1CC1. The van der Waals surface area contributed by atoms with Crippen molar-refractivity contribution in [1.82, 2.24) is 14.8 Å². The van der Waals surface area contributed by atoms with Crippen LogP contribution in [0.25, 0.3) is 0 Å². The maximum atomic E-state index is 13.2. The van der Waals surface area contributed by atoms with Crippen LogP contribution in [0.15, 0.2) is 29.4 Å². The lowest BCUT2D eigenvalue weighted by molar-refractivity contribution is -0.117. The molecule has 3 aliphatic rings. The molecule has 0 bridgehead atoms. The molecule has 2 heterocycles. The largest absolute Gasteiger partial charge is 0.324 e. The van der Waals surface area contributed by atoms with Crippen molar-refractivity contribution in [2.75, 3.05) is 16.0 Å². The van der Waals surface area contributed by atoms with Gasteiger partial charge in [-0.15, -0.1) is 10.2 Å². The Morgan fingerprint density at radius 2 is 2.00 bits per heavy atom. The highest BCUT2D eigenvalue weighted by Gasteiger charge is 2.37. The molecule has 8 heteroatoms. The average molecular weight is 398 g/mol. The van der Waals surface area contributed by atoms with Gasteiger partial charge in [-0.05, 0) is 44.7 Å². The van der Waals surface area contributed by atoms with Gasteiger partial charge in [0.2, 0.25) is 11.8 Å². The molecule has 7 nitrogen and oxygen atoms in total. The van der Waals surface area contributed by atoms with Crippen LogP contribution in [-0.4, -0.2) is 38.4 Å². The average Bonchev–Trinajstić information content (AvgIpc) is 3.59. The third kappa shape index (κ3) is 3.30. The Kier molecular flexibility index (Phi) is 4.38. The maximum Gasteiger partial charge on any atom is 0.237 e. The minimum atomic E-state index is -0.194. The summed E-state index contributed by atoms with van der Waals surface area (Å²) in [6.07, 6.45) is 5.01. The Hall–Kier alpha value is -2.35. The van der Waals surface area contributed by atoms with Gasteiger partial charge in [0.15, 0.2) is 5.16 Å². The Morgan fingerprint density at radius 1 is 1.21 bits per heavy atom. The van der Waals surface area contributed by atoms with Crippen molar-refractivity contribution < 1.29 is 9.59 Å². The molecule has 28 heavy (non-hydrogen) atoms. The molecule has 1 aromatic heterocycles. The van der Waals surface area contributed by atoms with Crippen molar-refractivity contribution in [1.29, 1.82) is 0 Å². The molecule has 0 saturated heterocycles. The summed E-state index contributed by atoms with van der Waals surface area (Å²) in [7, 11) is 0. The normalized spacial score (nSPS) is 21.8. The van der Waals surface area contributed by atoms with E-state index in [0.29, 0.717) is 17.6 Å². The Balaban J connectivity index is 1.36. The zero-order chi connectivity index (χ0) is 19.3. The summed E-state index contributed by atoms with van der Waals surface area (Å²) in [6, 6.07) is 7.79. The van der Waals surface area contributed by atoms with Crippen LogP contribution in [-0.2, 0) is 9.59 Å². The van der Waals surface area contributed by atoms with E-state index in [1.807, 2.05) is 31.2 Å². The van der Waals surface area contributed by atoms with Crippen LogP contribution in [0.4, 0.5) is 11.4 Å². The van der Waals surface area contributed by atoms with Crippen LogP contribution >= 0.6 is 11.8 Å². The molecule has 2 saturated carbocycles. The second-order valence-electron chi connectivity index (χ2n) is 7.89. The zero-order valence-electron chi connectivity index (χ0n) is 15.8. The Bertz CT molecular complexity index is 934. The molecule has 0 unspecified atom stereocenters. The van der Waals surface area contributed by atoms with E-state index in [0.717, 1.165) is 16.7 Å². The topological polar surface area (TPSA) is 80.1 Å². The van der Waals surface area contributed by atoms with Gasteiger partial charge < -0.3 is 14.8 Å². The van der Waals surface area contributed by atoms with Gasteiger partial charge in [-0.25, -0.2) is 0 Å². The number of amides is 2. The van der Waals surface area contributed by atoms with E-state index in [9.17, 15) is 9.59 Å². The third-order valence-electron chi connectivity index (χ3n) is 5.50. The van der Waals surface area contributed by atoms with Gasteiger partial charge in [-0.1, -0.05) is 23.9 Å². The number of hydrogen-bond donors (Lipinski definition) is 1. The van der Waals surface area contributed by atoms with Crippen molar-refractivity contribution in [3.05, 3.63) is 30.1 Å². The standard InChI is InChI=1S/C20H23N5O2S/c1-12-10-17(26)21-15-4-2-3-5-16(15)24(12)18(27)11-28-20-23-22-19(13-6-7-13)25(20)14-8-9-14/h2-5,12-14H,6-11H2,1H3,(H,21,26)/t12-/m1/s1. The van der Waals surface area contributed by atoms with Gasteiger partial charge in [-0.2, -0.15) is 0 Å². The first kappa shape index (κ1) is 17.7. The van der Waals surface area contributed by atoms with Gasteiger partial charge >= 0.3 is 0 Å². The van der Waals surface area contributed by atoms with E-state index in [-0.39, 0.29) is 30.0 Å². The summed E-state index contributed by atoms with van der Waals surface area (Å²) in [5.41, 5.74) is 1.45. The molecule has 2 fully saturated rings. The first-order valence-electron chi connectivity index (χ1n) is 9.90. The summed E-state index contributed by atoms with van der Waals surface area (Å²) < 4.78 is 2.26. The number of benzene rings is 1. The summed E-state index contributed by atoms with van der Waals surface area (Å²) in [6.45, 7) is 1.92. The predicted molar refractivity (Wildman–Crippen MR) is 108 cm³/mol. The fraction of sp³-hybridized carbons (Fsp3) is 0.500. The fourth-order valence-electron chi connectivity index (χ4n) is 3.85. The van der Waals surface area contributed by atoms with Gasteiger partial charge in [0.05, 0.1) is 17.1 Å². The van der Waals surface area contributed by atoms with Gasteiger partial charge in [0.25, 0.3) is 0 Å². The van der Waals surface area contributed by atoms with E-state index in [4.69, 9.17) is 0 Å². The number of nitrogens with one attached hydrogen (secondary N) is 1. The first-order chi connectivity index (χ1) is 13.6. The summed E-state index contributed by atoms with van der Waals surface area (Å²) in [4.78, 5) is 27.0. The van der Waals surface area contributed by atoms with Gasteiger partial charge in [0.1, 0.15) is 5.82 Å². The second kappa shape index (κ2) is 6.92. The van der Waals surface area contributed by atoms with Crippen molar-refractivity contribution in [2.24, 2.45) is 0 Å². The lowest BCUT2D eigenvalue weighted by Gasteiger charge is -2.27. The molecule has 2 amide bonds. The maximum absolute atomic E-state index is 13.2. The van der Waals surface area contributed by atoms with Crippen LogP contribution < -0.4 is 10.2 Å². The number of anilines is 2. The smallest absolute Gasteiger partial charge is 0.237 e. The molecule has 1 N–H and O–H groups in total. The van der Waals surface area contributed by atoms with Gasteiger partial charge in [-0.3, -0.25) is 9.59 Å². The van der Waals surface area contributed by atoms with Crippen LogP contribution in [0.3, 0.4) is 0 Å². The molecular weight excluding hydrogens is 374 g/mol. The molecule has 5 rings (SSSR count). The summed E-state index contributed by atoms with van der Waals surface area (Å²) >= 11 is 1.46. The van der Waals surface area contributed by atoms with Crippen LogP contribution in [0, 0.1) is 0 Å². The highest BCUT2D eigenvalue weighted by Crippen LogP contribution is 2.46. The van der Waals surface area contributed by atoms with Crippen molar-refractivity contribution in [2.45, 2.75) is 62.2 Å². The number of hydrogen-bond acceptors (Lipinski definition) is 5. The molecule has 2 aliphatic carbocycles. The molecule has 1 aliphatic heterocycles. The Labute approximate surface area is 167 Å². The first-order valence-corrected chi connectivity index (χ1v) is 10.9. The molecule has 0 spiro atoms. The van der Waals surface area contributed by atoms with E-state index < -0.39 is 0 Å². The minimum Gasteiger partial charge on any atom is -0.324 e. The highest BCUT2D eigenvalue weighted by atomic mass is 32.2. The number of thioether (sulfide) groups is 1. The number of nitrogens with zero attached hydrogens (tertiary/aromatic N) is 4. The monoisotopic (exact) mass is 397 g/mol. The second-order valence-corrected chi connectivity index (χ2v) is 8.83. The van der Waals surface area contributed by atoms with Gasteiger partial charge in [0, 0.05) is 24.4 Å². The van der Waals surface area contributed by atoms with E-state index in [1.54, 1.807) is 4.90 Å². The molecule has 2 aromatic rings. The number of rotatable bonds is 5. The van der Waals surface area contributed by atoms with Crippen molar-refractivity contribution in [3.63, 3.8) is 0 Å². The minimum absolute atomic E-state index is 0.0141. The number of carbonyl (C=O) groups is 2. The zero-order valence-corrected chi connectivity index (χ0v) is 16.6. The summed E-state index contributed by atoms with van der Waals surface area (Å²) in [5, 5.41) is 12.6. The van der Waals surface area contributed by atoms with Crippen LogP contribution in [0.1, 0.15) is 56.8 Å². The van der Waals surface area contributed by atoms with E-state index in [1.165, 1.54) is 37.4 Å². The van der Waals surface area contributed by atoms with E-state index in [2.05, 4.69) is 20.1 Å². The fourth-order valence-corrected chi connectivity index (χ4v) is 4.72. The quantitative estimate of drug-likeness (QED) is 0.783. The molecule has 0 radical (unpaired) electrons. The summed E-state index contributed by atoms with van der Waals surface area (Å²) in [5.74, 6) is 1.85. The Morgan fingerprint density at radius 3 is 2.75 bits per heavy atom. The highest BCUT2D eigenvalue weighted by molar-refractivity contribution is 7.99. The molecular formula is C20H23N5O2S. The van der Waals surface area contributed by atoms with Crippen molar-refractivity contribution >= 4 is 35.0 Å². The molecule has 146 valence electrons. The van der Waals surface area contributed by atoms with Crippen LogP contribution in [0.5, 0.6) is 0 Å². The predicted octanol–water partition coefficient (Wildman–Crippen LogP) is 3.35. The molecule has 1 aromatic carbocycles. The lowest BCUT2D eigenvalue weighted by atomic mass is 10.2. The number of aromatic nitrogens is 3. The number of fused-ring (bicyclic) bond motifs is 1. The van der Waals surface area contributed by atoms with E-state index >= 15 is 0 Å². The number of para-hydroxylation sites is 2. The molecule has 1 atom stereocenters. The lowest BCUT2D eigenvalue weighted by Crippen LogP contribution is -2.40. The van der Waals surface area contributed by atoms with Crippen molar-refractivity contribution in [3.8, 4) is 0 Å². The third-order valence-corrected chi connectivity index (χ3v) is 6.43. The van der Waals surface area contributed by atoms with Crippen LogP contribution in [0.2, 0.25) is 0 Å².